The number of nitrogens with zero attached hydrogens (tertiary/aromatic N) is 2. The monoisotopic (exact) mass is 542 g/mol. The van der Waals surface area contributed by atoms with E-state index >= 15 is 0 Å². The number of hydrogen-bond acceptors (Lipinski definition) is 6. The van der Waals surface area contributed by atoms with Crippen LogP contribution in [0.3, 0.4) is 0 Å². The van der Waals surface area contributed by atoms with Crippen molar-refractivity contribution in [3.8, 4) is 22.8 Å². The van der Waals surface area contributed by atoms with E-state index in [0.29, 0.717) is 48.7 Å². The second-order valence-corrected chi connectivity index (χ2v) is 10.8. The van der Waals surface area contributed by atoms with Gasteiger partial charge in [-0.1, -0.05) is 52.0 Å². The van der Waals surface area contributed by atoms with E-state index in [-0.39, 0.29) is 24.3 Å². The van der Waals surface area contributed by atoms with Crippen LogP contribution in [0.4, 0.5) is 0 Å². The maximum atomic E-state index is 13.5. The molecule has 39 heavy (non-hydrogen) atoms. The van der Waals surface area contributed by atoms with Crippen LogP contribution in [-0.4, -0.2) is 62.1 Å². The number of methoxy groups -OCH3 is 3. The number of rotatable bonds is 15. The molecular formula is C30H46N4O5. The molecule has 1 aromatic carbocycles. The third-order valence-corrected chi connectivity index (χ3v) is 7.28. The van der Waals surface area contributed by atoms with E-state index in [2.05, 4.69) is 24.5 Å². The molecule has 1 aliphatic rings. The number of nitrogens with one attached hydrogen (secondary N) is 2. The lowest BCUT2D eigenvalue weighted by Crippen LogP contribution is -2.40. The molecular weight excluding hydrogens is 496 g/mol. The van der Waals surface area contributed by atoms with Gasteiger partial charge >= 0.3 is 0 Å². The second kappa shape index (κ2) is 15.5. The summed E-state index contributed by atoms with van der Waals surface area (Å²) in [6, 6.07) is 7.12. The first-order valence-electron chi connectivity index (χ1n) is 14.2. The highest BCUT2D eigenvalue weighted by Crippen LogP contribution is 2.39. The summed E-state index contributed by atoms with van der Waals surface area (Å²) < 4.78 is 18.2. The van der Waals surface area contributed by atoms with Crippen molar-refractivity contribution in [3.63, 3.8) is 0 Å². The molecule has 0 unspecified atom stereocenters. The Labute approximate surface area is 233 Å². The van der Waals surface area contributed by atoms with Crippen LogP contribution < -0.4 is 20.1 Å². The number of aromatic nitrogens is 2. The summed E-state index contributed by atoms with van der Waals surface area (Å²) in [7, 11) is 4.83. The highest BCUT2D eigenvalue weighted by Gasteiger charge is 2.25. The summed E-state index contributed by atoms with van der Waals surface area (Å²) in [6.45, 7) is 5.73. The molecule has 1 aliphatic carbocycles. The molecule has 2 aromatic rings. The van der Waals surface area contributed by atoms with Gasteiger partial charge in [0.05, 0.1) is 32.1 Å². The lowest BCUT2D eigenvalue weighted by molar-refractivity contribution is -0.121. The molecule has 1 heterocycles. The van der Waals surface area contributed by atoms with Gasteiger partial charge in [0, 0.05) is 32.7 Å². The fourth-order valence-corrected chi connectivity index (χ4v) is 5.30. The highest BCUT2D eigenvalue weighted by atomic mass is 16.5. The smallest absolute Gasteiger partial charge is 0.272 e. The molecule has 2 N–H and O–H groups in total. The zero-order valence-corrected chi connectivity index (χ0v) is 24.3. The van der Waals surface area contributed by atoms with Crippen LogP contribution in [0.15, 0.2) is 24.3 Å². The average molecular weight is 543 g/mol. The van der Waals surface area contributed by atoms with Crippen LogP contribution in [0, 0.1) is 11.8 Å². The minimum absolute atomic E-state index is 0.0919. The molecule has 9 heteroatoms. The lowest BCUT2D eigenvalue weighted by Gasteiger charge is -2.24. The number of ether oxygens (including phenoxy) is 3. The van der Waals surface area contributed by atoms with Crippen molar-refractivity contribution in [1.82, 2.24) is 20.4 Å². The molecule has 2 amide bonds. The Morgan fingerprint density at radius 2 is 1.77 bits per heavy atom. The SMILES string of the molecule is COCCNC(=O)C[C@H](CCC1CCCCC1)NC(=O)c1cc(-c2c(OC)cccc2OC)n(CC(C)C)n1. The predicted octanol–water partition coefficient (Wildman–Crippen LogP) is 4.83. The first-order valence-corrected chi connectivity index (χ1v) is 14.2. The molecule has 0 bridgehead atoms. The minimum Gasteiger partial charge on any atom is -0.496 e. The zero-order chi connectivity index (χ0) is 28.2. The zero-order valence-electron chi connectivity index (χ0n) is 24.3. The van der Waals surface area contributed by atoms with Gasteiger partial charge in [-0.2, -0.15) is 5.10 Å². The summed E-state index contributed by atoms with van der Waals surface area (Å²) in [5.74, 6) is 1.87. The van der Waals surface area contributed by atoms with Crippen molar-refractivity contribution in [2.24, 2.45) is 11.8 Å². The van der Waals surface area contributed by atoms with Gasteiger partial charge in [0.1, 0.15) is 11.5 Å². The van der Waals surface area contributed by atoms with Crippen molar-refractivity contribution < 1.29 is 23.8 Å². The predicted molar refractivity (Wildman–Crippen MR) is 152 cm³/mol. The Morgan fingerprint density at radius 1 is 1.08 bits per heavy atom. The van der Waals surface area contributed by atoms with Crippen molar-refractivity contribution >= 4 is 11.8 Å². The third-order valence-electron chi connectivity index (χ3n) is 7.28. The van der Waals surface area contributed by atoms with Crippen LogP contribution in [0.2, 0.25) is 0 Å². The molecule has 1 aromatic heterocycles. The Hall–Kier alpha value is -3.07. The summed E-state index contributed by atoms with van der Waals surface area (Å²) in [4.78, 5) is 26.2. The van der Waals surface area contributed by atoms with Crippen LogP contribution in [-0.2, 0) is 16.1 Å². The van der Waals surface area contributed by atoms with E-state index in [1.807, 2.05) is 22.9 Å². The Kier molecular flexibility index (Phi) is 12.1. The average Bonchev–Trinajstić information content (AvgIpc) is 3.34. The summed E-state index contributed by atoms with van der Waals surface area (Å²) in [5.41, 5.74) is 1.81. The summed E-state index contributed by atoms with van der Waals surface area (Å²) in [5, 5.41) is 10.7. The van der Waals surface area contributed by atoms with E-state index in [0.717, 1.165) is 24.1 Å². The van der Waals surface area contributed by atoms with E-state index < -0.39 is 0 Å². The second-order valence-electron chi connectivity index (χ2n) is 10.8. The van der Waals surface area contributed by atoms with Crippen molar-refractivity contribution in [1.29, 1.82) is 0 Å². The van der Waals surface area contributed by atoms with E-state index in [9.17, 15) is 9.59 Å². The van der Waals surface area contributed by atoms with Gasteiger partial charge in [0.15, 0.2) is 5.69 Å². The molecule has 1 fully saturated rings. The first kappa shape index (κ1) is 30.5. The Morgan fingerprint density at radius 3 is 2.38 bits per heavy atom. The molecule has 1 atom stereocenters. The van der Waals surface area contributed by atoms with E-state index in [4.69, 9.17) is 19.3 Å². The summed E-state index contributed by atoms with van der Waals surface area (Å²) in [6.07, 6.45) is 8.27. The van der Waals surface area contributed by atoms with Gasteiger partial charge in [-0.3, -0.25) is 14.3 Å². The molecule has 9 nitrogen and oxygen atoms in total. The minimum atomic E-state index is -0.286. The molecule has 216 valence electrons. The molecule has 0 aliphatic heterocycles. The van der Waals surface area contributed by atoms with Crippen LogP contribution >= 0.6 is 0 Å². The molecule has 3 rings (SSSR count). The topological polar surface area (TPSA) is 104 Å². The van der Waals surface area contributed by atoms with E-state index in [1.54, 1.807) is 27.4 Å². The molecule has 0 saturated heterocycles. The Bertz CT molecular complexity index is 1040. The molecule has 0 radical (unpaired) electrons. The van der Waals surface area contributed by atoms with E-state index in [1.165, 1.54) is 32.1 Å². The van der Waals surface area contributed by atoms with Crippen LogP contribution in [0.1, 0.15) is 75.7 Å². The maximum absolute atomic E-state index is 13.5. The number of carbonyl (C=O) groups excluding carboxylic acids is 2. The number of hydrogen-bond donors (Lipinski definition) is 2. The van der Waals surface area contributed by atoms with Gasteiger partial charge in [-0.25, -0.2) is 0 Å². The van der Waals surface area contributed by atoms with Crippen molar-refractivity contribution in [3.05, 3.63) is 30.0 Å². The lowest BCUT2D eigenvalue weighted by atomic mass is 9.85. The third kappa shape index (κ3) is 8.98. The van der Waals surface area contributed by atoms with Gasteiger partial charge in [-0.05, 0) is 42.9 Å². The van der Waals surface area contributed by atoms with Gasteiger partial charge in [0.2, 0.25) is 5.91 Å². The standard InChI is InChI=1S/C30H46N4O5/c1-21(2)20-34-25(29-26(38-4)12-9-13-27(29)39-5)19-24(33-34)30(36)32-23(18-28(35)31-16-17-37-3)15-14-22-10-7-6-8-11-22/h9,12-13,19,21-23H,6-8,10-11,14-18,20H2,1-5H3,(H,31,35)(H,32,36)/t23-/m0/s1. The van der Waals surface area contributed by atoms with Gasteiger partial charge in [-0.15, -0.1) is 0 Å². The largest absolute Gasteiger partial charge is 0.496 e. The number of carbonyl (C=O) groups is 2. The van der Waals surface area contributed by atoms with Crippen LogP contribution in [0.25, 0.3) is 11.3 Å². The summed E-state index contributed by atoms with van der Waals surface area (Å²) >= 11 is 0. The number of amides is 2. The quantitative estimate of drug-likeness (QED) is 0.312. The Balaban J connectivity index is 1.83. The first-order chi connectivity index (χ1) is 18.9. The fraction of sp³-hybridized carbons (Fsp3) is 0.633. The fourth-order valence-electron chi connectivity index (χ4n) is 5.30. The van der Waals surface area contributed by atoms with Crippen molar-refractivity contribution in [2.75, 3.05) is 34.5 Å². The van der Waals surface area contributed by atoms with Gasteiger partial charge < -0.3 is 24.8 Å². The molecule has 1 saturated carbocycles. The molecule has 0 spiro atoms. The van der Waals surface area contributed by atoms with Crippen LogP contribution in [0.5, 0.6) is 11.5 Å². The highest BCUT2D eigenvalue weighted by molar-refractivity contribution is 5.94. The van der Waals surface area contributed by atoms with Gasteiger partial charge in [0.25, 0.3) is 5.91 Å². The maximum Gasteiger partial charge on any atom is 0.272 e. The normalized spacial score (nSPS) is 14.7. The van der Waals surface area contributed by atoms with Crippen molar-refractivity contribution in [2.45, 2.75) is 77.8 Å². The number of benzene rings is 1.